The van der Waals surface area contributed by atoms with Crippen LogP contribution in [0.15, 0.2) is 18.2 Å². The molecule has 0 aromatic heterocycles. The van der Waals surface area contributed by atoms with Gasteiger partial charge < -0.3 is 24.6 Å². The van der Waals surface area contributed by atoms with Gasteiger partial charge in [-0.05, 0) is 25.0 Å². The predicted molar refractivity (Wildman–Crippen MR) is 80.7 cm³/mol. The molecule has 0 radical (unpaired) electrons. The highest BCUT2D eigenvalue weighted by molar-refractivity contribution is 5.97. The Bertz CT molecular complexity index is 631. The van der Waals surface area contributed by atoms with Crippen molar-refractivity contribution in [3.05, 3.63) is 18.2 Å². The molecule has 3 rings (SSSR count). The van der Waals surface area contributed by atoms with Crippen molar-refractivity contribution in [2.24, 2.45) is 11.8 Å². The molecule has 2 N–H and O–H groups in total. The summed E-state index contributed by atoms with van der Waals surface area (Å²) in [7, 11) is 3.03. The molecule has 0 unspecified atom stereocenters. The molecule has 2 fully saturated rings. The van der Waals surface area contributed by atoms with Crippen LogP contribution in [0.2, 0.25) is 0 Å². The number of carboxylic acids is 1. The summed E-state index contributed by atoms with van der Waals surface area (Å²) >= 11 is 0. The van der Waals surface area contributed by atoms with Crippen LogP contribution in [0.25, 0.3) is 0 Å². The van der Waals surface area contributed by atoms with E-state index in [0.29, 0.717) is 30.0 Å². The van der Waals surface area contributed by atoms with Crippen LogP contribution in [-0.4, -0.2) is 43.4 Å². The number of carbonyl (C=O) groups excluding carboxylic acids is 1. The van der Waals surface area contributed by atoms with Crippen LogP contribution in [0.1, 0.15) is 12.8 Å². The van der Waals surface area contributed by atoms with Gasteiger partial charge in [-0.15, -0.1) is 0 Å². The minimum Gasteiger partial charge on any atom is -0.497 e. The Labute approximate surface area is 133 Å². The molecule has 2 saturated heterocycles. The fourth-order valence-electron chi connectivity index (χ4n) is 3.44. The third kappa shape index (κ3) is 2.72. The summed E-state index contributed by atoms with van der Waals surface area (Å²) < 4.78 is 16.0. The number of nitrogens with one attached hydrogen (secondary N) is 1. The number of ether oxygens (including phenoxy) is 3. The number of rotatable bonds is 5. The molecule has 4 atom stereocenters. The lowest BCUT2D eigenvalue weighted by Gasteiger charge is -2.24. The van der Waals surface area contributed by atoms with E-state index in [1.54, 1.807) is 18.2 Å². The van der Waals surface area contributed by atoms with Crippen LogP contribution in [0.4, 0.5) is 5.69 Å². The van der Waals surface area contributed by atoms with Crippen LogP contribution in [0.3, 0.4) is 0 Å². The Balaban J connectivity index is 1.80. The highest BCUT2D eigenvalue weighted by Gasteiger charge is 2.55. The SMILES string of the molecule is COc1ccc(NC(=O)[C@@H]2[C@@H](C(=O)O)[C@H]3CC[C@@H]2O3)c(OC)c1. The Morgan fingerprint density at radius 3 is 2.48 bits per heavy atom. The largest absolute Gasteiger partial charge is 0.497 e. The molecular formula is C16H19NO6. The van der Waals surface area contributed by atoms with Gasteiger partial charge in [0.25, 0.3) is 0 Å². The lowest BCUT2D eigenvalue weighted by atomic mass is 9.78. The zero-order valence-electron chi connectivity index (χ0n) is 12.9. The quantitative estimate of drug-likeness (QED) is 0.854. The lowest BCUT2D eigenvalue weighted by molar-refractivity contribution is -0.147. The van der Waals surface area contributed by atoms with Crippen molar-refractivity contribution in [1.82, 2.24) is 0 Å². The topological polar surface area (TPSA) is 94.1 Å². The van der Waals surface area contributed by atoms with Crippen molar-refractivity contribution < 1.29 is 28.9 Å². The van der Waals surface area contributed by atoms with Gasteiger partial charge in [0, 0.05) is 6.07 Å². The van der Waals surface area contributed by atoms with Crippen LogP contribution >= 0.6 is 0 Å². The molecule has 0 spiro atoms. The molecule has 2 bridgehead atoms. The fourth-order valence-corrected chi connectivity index (χ4v) is 3.44. The van der Waals surface area contributed by atoms with E-state index in [2.05, 4.69) is 5.32 Å². The first-order valence-electron chi connectivity index (χ1n) is 7.46. The number of anilines is 1. The molecule has 1 aromatic carbocycles. The maximum absolute atomic E-state index is 12.6. The van der Waals surface area contributed by atoms with E-state index in [0.717, 1.165) is 0 Å². The first-order chi connectivity index (χ1) is 11.0. The molecule has 1 aromatic rings. The summed E-state index contributed by atoms with van der Waals surface area (Å²) in [5.74, 6) is -1.76. The molecule has 124 valence electrons. The van der Waals surface area contributed by atoms with Crippen molar-refractivity contribution in [3.8, 4) is 11.5 Å². The number of benzene rings is 1. The van der Waals surface area contributed by atoms with Gasteiger partial charge in [0.15, 0.2) is 0 Å². The molecular weight excluding hydrogens is 302 g/mol. The smallest absolute Gasteiger partial charge is 0.310 e. The van der Waals surface area contributed by atoms with Crippen LogP contribution in [0.5, 0.6) is 11.5 Å². The average molecular weight is 321 g/mol. The lowest BCUT2D eigenvalue weighted by Crippen LogP contribution is -2.41. The Kier molecular flexibility index (Phi) is 4.12. The number of hydrogen-bond donors (Lipinski definition) is 2. The second kappa shape index (κ2) is 6.08. The summed E-state index contributed by atoms with van der Waals surface area (Å²) in [6.45, 7) is 0. The van der Waals surface area contributed by atoms with Gasteiger partial charge in [-0.25, -0.2) is 0 Å². The van der Waals surface area contributed by atoms with Gasteiger partial charge in [0.2, 0.25) is 5.91 Å². The molecule has 0 aliphatic carbocycles. The van der Waals surface area contributed by atoms with Crippen molar-refractivity contribution in [3.63, 3.8) is 0 Å². The number of aliphatic carboxylic acids is 1. The summed E-state index contributed by atoms with van der Waals surface area (Å²) in [5, 5.41) is 12.2. The zero-order valence-corrected chi connectivity index (χ0v) is 12.9. The second-order valence-corrected chi connectivity index (χ2v) is 5.74. The standard InChI is InChI=1S/C16H19NO6/c1-21-8-3-4-9(12(7-8)22-2)17-15(18)13-10-5-6-11(23-10)14(13)16(19)20/h3-4,7,10-11,13-14H,5-6H2,1-2H3,(H,17,18)(H,19,20)/t10-,11+,13-,14-/m0/s1. The maximum atomic E-state index is 12.6. The van der Waals surface area contributed by atoms with Crippen molar-refractivity contribution >= 4 is 17.6 Å². The van der Waals surface area contributed by atoms with Gasteiger partial charge in [-0.2, -0.15) is 0 Å². The summed E-state index contributed by atoms with van der Waals surface area (Å²) in [6.07, 6.45) is 0.708. The number of hydrogen-bond acceptors (Lipinski definition) is 5. The second-order valence-electron chi connectivity index (χ2n) is 5.74. The molecule has 7 heteroatoms. The molecule has 2 heterocycles. The summed E-state index contributed by atoms with van der Waals surface area (Å²) in [6, 6.07) is 5.02. The highest BCUT2D eigenvalue weighted by atomic mass is 16.5. The third-order valence-corrected chi connectivity index (χ3v) is 4.53. The van der Waals surface area contributed by atoms with Crippen LogP contribution in [0, 0.1) is 11.8 Å². The van der Waals surface area contributed by atoms with Gasteiger partial charge in [-0.3, -0.25) is 9.59 Å². The maximum Gasteiger partial charge on any atom is 0.310 e. The van der Waals surface area contributed by atoms with Gasteiger partial charge in [-0.1, -0.05) is 0 Å². The summed E-state index contributed by atoms with van der Waals surface area (Å²) in [5.41, 5.74) is 0.477. The average Bonchev–Trinajstić information content (AvgIpc) is 3.16. The van der Waals surface area contributed by atoms with Crippen molar-refractivity contribution in [2.75, 3.05) is 19.5 Å². The fraction of sp³-hybridized carbons (Fsp3) is 0.500. The number of methoxy groups -OCH3 is 2. The minimum absolute atomic E-state index is 0.328. The predicted octanol–water partition coefficient (Wildman–Crippen LogP) is 1.52. The molecule has 2 aliphatic rings. The van der Waals surface area contributed by atoms with Gasteiger partial charge in [0.1, 0.15) is 11.5 Å². The van der Waals surface area contributed by atoms with Crippen molar-refractivity contribution in [1.29, 1.82) is 0 Å². The molecule has 1 amide bonds. The highest BCUT2D eigenvalue weighted by Crippen LogP contribution is 2.44. The summed E-state index contributed by atoms with van der Waals surface area (Å²) in [4.78, 5) is 24.1. The number of amides is 1. The van der Waals surface area contributed by atoms with Gasteiger partial charge in [0.05, 0.1) is 44.0 Å². The first kappa shape index (κ1) is 15.6. The number of carbonyl (C=O) groups is 2. The molecule has 23 heavy (non-hydrogen) atoms. The van der Waals surface area contributed by atoms with E-state index in [1.165, 1.54) is 14.2 Å². The van der Waals surface area contributed by atoms with E-state index >= 15 is 0 Å². The van der Waals surface area contributed by atoms with E-state index in [4.69, 9.17) is 14.2 Å². The van der Waals surface area contributed by atoms with E-state index < -0.39 is 17.8 Å². The minimum atomic E-state index is -0.987. The zero-order chi connectivity index (χ0) is 16.6. The normalized spacial score (nSPS) is 28.4. The molecule has 2 aliphatic heterocycles. The van der Waals surface area contributed by atoms with Crippen LogP contribution < -0.4 is 14.8 Å². The van der Waals surface area contributed by atoms with E-state index in [9.17, 15) is 14.7 Å². The Morgan fingerprint density at radius 2 is 1.87 bits per heavy atom. The van der Waals surface area contributed by atoms with Gasteiger partial charge >= 0.3 is 5.97 Å². The third-order valence-electron chi connectivity index (χ3n) is 4.53. The Hall–Kier alpha value is -2.28. The van der Waals surface area contributed by atoms with Crippen molar-refractivity contribution in [2.45, 2.75) is 25.0 Å². The number of carboxylic acid groups (broad SMARTS) is 1. The molecule has 0 saturated carbocycles. The Morgan fingerprint density at radius 1 is 1.17 bits per heavy atom. The monoisotopic (exact) mass is 321 g/mol. The first-order valence-corrected chi connectivity index (χ1v) is 7.46. The van der Waals surface area contributed by atoms with Crippen LogP contribution in [-0.2, 0) is 14.3 Å². The van der Waals surface area contributed by atoms with E-state index in [-0.39, 0.29) is 18.1 Å². The number of fused-ring (bicyclic) bond motifs is 2. The molecule has 7 nitrogen and oxygen atoms in total. The van der Waals surface area contributed by atoms with E-state index in [1.807, 2.05) is 0 Å².